The van der Waals surface area contributed by atoms with E-state index in [9.17, 15) is 22.4 Å². The highest BCUT2D eigenvalue weighted by Crippen LogP contribution is 2.34. The van der Waals surface area contributed by atoms with E-state index >= 15 is 0 Å². The first-order valence-corrected chi connectivity index (χ1v) is 3.71. The number of carbonyl (C=O) groups is 1. The maximum atomic E-state index is 12.9. The molecular formula is C7H6F4N2O2. The molecule has 8 heteroatoms. The van der Waals surface area contributed by atoms with Gasteiger partial charge in [-0.15, -0.1) is 0 Å². The number of alkyl halides is 4. The van der Waals surface area contributed by atoms with Gasteiger partial charge in [-0.05, 0) is 0 Å². The van der Waals surface area contributed by atoms with E-state index in [1.54, 1.807) is 0 Å². The SMILES string of the molecule is Cn1cc(C(F)C(=O)O)c(C(F)(F)F)n1. The summed E-state index contributed by atoms with van der Waals surface area (Å²) in [5.41, 5.74) is -2.50. The van der Waals surface area contributed by atoms with Crippen LogP contribution < -0.4 is 0 Å². The summed E-state index contributed by atoms with van der Waals surface area (Å²) in [4.78, 5) is 10.2. The van der Waals surface area contributed by atoms with Crippen LogP contribution in [0.25, 0.3) is 0 Å². The van der Waals surface area contributed by atoms with Gasteiger partial charge >= 0.3 is 12.1 Å². The van der Waals surface area contributed by atoms with Crippen molar-refractivity contribution in [2.75, 3.05) is 0 Å². The maximum Gasteiger partial charge on any atom is 0.435 e. The van der Waals surface area contributed by atoms with Crippen molar-refractivity contribution >= 4 is 5.97 Å². The van der Waals surface area contributed by atoms with Gasteiger partial charge in [-0.1, -0.05) is 0 Å². The van der Waals surface area contributed by atoms with Crippen molar-refractivity contribution in [1.29, 1.82) is 0 Å². The average molecular weight is 226 g/mol. The first-order valence-electron chi connectivity index (χ1n) is 3.71. The Bertz CT molecular complexity index is 385. The normalized spacial score (nSPS) is 13.9. The molecule has 0 aliphatic heterocycles. The van der Waals surface area contributed by atoms with Gasteiger partial charge in [0.1, 0.15) is 0 Å². The summed E-state index contributed by atoms with van der Waals surface area (Å²) < 4.78 is 50.4. The molecule has 0 saturated carbocycles. The highest BCUT2D eigenvalue weighted by Gasteiger charge is 2.40. The molecule has 0 spiro atoms. The number of rotatable bonds is 2. The molecule has 1 aromatic heterocycles. The smallest absolute Gasteiger partial charge is 0.435 e. The van der Waals surface area contributed by atoms with E-state index in [0.29, 0.717) is 10.9 Å². The molecule has 4 nitrogen and oxygen atoms in total. The number of hydrogen-bond donors (Lipinski definition) is 1. The van der Waals surface area contributed by atoms with E-state index in [4.69, 9.17) is 5.11 Å². The predicted molar refractivity (Wildman–Crippen MR) is 39.7 cm³/mol. The molecule has 1 heterocycles. The molecule has 0 radical (unpaired) electrons. The van der Waals surface area contributed by atoms with Crippen LogP contribution in [-0.4, -0.2) is 20.9 Å². The van der Waals surface area contributed by atoms with Crippen LogP contribution in [0.4, 0.5) is 17.6 Å². The zero-order chi connectivity index (χ0) is 11.8. The Hall–Kier alpha value is -1.60. The van der Waals surface area contributed by atoms with Gasteiger partial charge in [0.2, 0.25) is 6.17 Å². The molecule has 1 rings (SSSR count). The fraction of sp³-hybridized carbons (Fsp3) is 0.429. The Balaban J connectivity index is 3.24. The van der Waals surface area contributed by atoms with Crippen molar-refractivity contribution in [3.8, 4) is 0 Å². The van der Waals surface area contributed by atoms with Crippen LogP contribution in [-0.2, 0) is 18.0 Å². The van der Waals surface area contributed by atoms with Crippen LogP contribution in [0.2, 0.25) is 0 Å². The summed E-state index contributed by atoms with van der Waals surface area (Å²) in [7, 11) is 1.15. The first-order chi connectivity index (χ1) is 6.73. The molecule has 0 bridgehead atoms. The Labute approximate surface area is 81.1 Å². The van der Waals surface area contributed by atoms with Gasteiger partial charge < -0.3 is 5.11 Å². The van der Waals surface area contributed by atoms with E-state index in [-0.39, 0.29) is 0 Å². The number of halogens is 4. The number of aliphatic carboxylic acids is 1. The minimum Gasteiger partial charge on any atom is -0.479 e. The monoisotopic (exact) mass is 226 g/mol. The summed E-state index contributed by atoms with van der Waals surface area (Å²) in [5.74, 6) is -1.98. The van der Waals surface area contributed by atoms with Crippen molar-refractivity contribution in [2.45, 2.75) is 12.3 Å². The van der Waals surface area contributed by atoms with Crippen LogP contribution in [0, 0.1) is 0 Å². The van der Waals surface area contributed by atoms with Crippen LogP contribution in [0.3, 0.4) is 0 Å². The van der Waals surface area contributed by atoms with Crippen molar-refractivity contribution in [3.63, 3.8) is 0 Å². The second-order valence-electron chi connectivity index (χ2n) is 2.81. The number of carboxylic acids is 1. The minimum atomic E-state index is -4.86. The number of aryl methyl sites for hydroxylation is 1. The lowest BCUT2D eigenvalue weighted by molar-refractivity contribution is -0.146. The lowest BCUT2D eigenvalue weighted by Crippen LogP contribution is -2.14. The van der Waals surface area contributed by atoms with Gasteiger partial charge in [0.25, 0.3) is 0 Å². The number of carboxylic acid groups (broad SMARTS) is 1. The van der Waals surface area contributed by atoms with Crippen molar-refractivity contribution in [2.24, 2.45) is 7.05 Å². The molecule has 0 aromatic carbocycles. The highest BCUT2D eigenvalue weighted by atomic mass is 19.4. The van der Waals surface area contributed by atoms with Gasteiger partial charge in [-0.3, -0.25) is 4.68 Å². The van der Waals surface area contributed by atoms with Crippen LogP contribution in [0.1, 0.15) is 17.4 Å². The molecule has 1 atom stereocenters. The summed E-state index contributed by atoms with van der Waals surface area (Å²) in [6.45, 7) is 0. The summed E-state index contributed by atoms with van der Waals surface area (Å²) in [5, 5.41) is 11.2. The zero-order valence-electron chi connectivity index (χ0n) is 7.42. The molecule has 1 unspecified atom stereocenters. The second kappa shape index (κ2) is 3.52. The molecule has 0 amide bonds. The van der Waals surface area contributed by atoms with Gasteiger partial charge in [-0.2, -0.15) is 18.3 Å². The highest BCUT2D eigenvalue weighted by molar-refractivity contribution is 5.74. The van der Waals surface area contributed by atoms with Crippen LogP contribution in [0.15, 0.2) is 6.20 Å². The predicted octanol–water partition coefficient (Wildman–Crippen LogP) is 1.53. The lowest BCUT2D eigenvalue weighted by atomic mass is 10.1. The van der Waals surface area contributed by atoms with Gasteiger partial charge in [-0.25, -0.2) is 9.18 Å². The largest absolute Gasteiger partial charge is 0.479 e. The minimum absolute atomic E-state index is 0.696. The number of hydrogen-bond acceptors (Lipinski definition) is 2. The fourth-order valence-electron chi connectivity index (χ4n) is 1.05. The Kier molecular flexibility index (Phi) is 2.69. The molecular weight excluding hydrogens is 220 g/mol. The zero-order valence-corrected chi connectivity index (χ0v) is 7.42. The molecule has 1 aromatic rings. The van der Waals surface area contributed by atoms with E-state index in [2.05, 4.69) is 5.10 Å². The third-order valence-corrected chi connectivity index (χ3v) is 1.62. The topological polar surface area (TPSA) is 55.1 Å². The lowest BCUT2D eigenvalue weighted by Gasteiger charge is -2.06. The van der Waals surface area contributed by atoms with Crippen molar-refractivity contribution < 1.29 is 27.5 Å². The van der Waals surface area contributed by atoms with E-state index in [1.165, 1.54) is 0 Å². The summed E-state index contributed by atoms with van der Waals surface area (Å²) in [6, 6.07) is 0. The maximum absolute atomic E-state index is 12.9. The molecule has 0 aliphatic carbocycles. The van der Waals surface area contributed by atoms with Gasteiger partial charge in [0.15, 0.2) is 5.69 Å². The Morgan fingerprint density at radius 2 is 2.13 bits per heavy atom. The molecule has 15 heavy (non-hydrogen) atoms. The fourth-order valence-corrected chi connectivity index (χ4v) is 1.05. The number of aromatic nitrogens is 2. The third kappa shape index (κ3) is 2.25. The molecule has 0 saturated heterocycles. The Morgan fingerprint density at radius 1 is 1.60 bits per heavy atom. The van der Waals surface area contributed by atoms with Crippen molar-refractivity contribution in [1.82, 2.24) is 9.78 Å². The Morgan fingerprint density at radius 3 is 2.53 bits per heavy atom. The van der Waals surface area contributed by atoms with E-state index in [0.717, 1.165) is 7.05 Å². The molecule has 0 aliphatic rings. The molecule has 0 fully saturated rings. The number of nitrogens with zero attached hydrogens (tertiary/aromatic N) is 2. The van der Waals surface area contributed by atoms with Gasteiger partial charge in [0.05, 0.1) is 0 Å². The van der Waals surface area contributed by atoms with Crippen molar-refractivity contribution in [3.05, 3.63) is 17.5 Å². The van der Waals surface area contributed by atoms with E-state index < -0.39 is 29.6 Å². The second-order valence-corrected chi connectivity index (χ2v) is 2.81. The average Bonchev–Trinajstić information content (AvgIpc) is 2.44. The van der Waals surface area contributed by atoms with Crippen LogP contribution >= 0.6 is 0 Å². The van der Waals surface area contributed by atoms with Crippen LogP contribution in [0.5, 0.6) is 0 Å². The molecule has 1 N–H and O–H groups in total. The standard InChI is InChI=1S/C7H6F4N2O2/c1-13-2-3(4(8)6(14)15)5(12-13)7(9,10)11/h2,4H,1H3,(H,14,15). The van der Waals surface area contributed by atoms with E-state index in [1.807, 2.05) is 0 Å². The third-order valence-electron chi connectivity index (χ3n) is 1.62. The quantitative estimate of drug-likeness (QED) is 0.778. The summed E-state index contributed by atoms with van der Waals surface area (Å²) >= 11 is 0. The van der Waals surface area contributed by atoms with Gasteiger partial charge in [0, 0.05) is 18.8 Å². The molecule has 84 valence electrons. The first kappa shape index (κ1) is 11.5. The summed E-state index contributed by atoms with van der Waals surface area (Å²) in [6.07, 6.45) is -6.90.